The molecule has 104 valence electrons. The molecular formula is C16H16FNOS. The molecule has 0 aliphatic carbocycles. The van der Waals surface area contributed by atoms with Crippen molar-refractivity contribution in [3.63, 3.8) is 0 Å². The molecule has 1 N–H and O–H groups in total. The van der Waals surface area contributed by atoms with Gasteiger partial charge in [0, 0.05) is 16.5 Å². The minimum atomic E-state index is -0.429. The summed E-state index contributed by atoms with van der Waals surface area (Å²) in [5.74, 6) is -0.647. The van der Waals surface area contributed by atoms with Crippen LogP contribution in [0, 0.1) is 5.82 Å². The molecule has 0 fully saturated rings. The maximum Gasteiger partial charge on any atom is 0.251 e. The highest BCUT2D eigenvalue weighted by Gasteiger charge is 2.11. The van der Waals surface area contributed by atoms with E-state index in [2.05, 4.69) is 17.9 Å². The largest absolute Gasteiger partial charge is 0.349 e. The molecule has 1 unspecified atom stereocenters. The second-order valence-corrected chi connectivity index (χ2v) is 5.21. The van der Waals surface area contributed by atoms with Gasteiger partial charge < -0.3 is 5.32 Å². The number of benzene rings is 2. The molecule has 0 saturated heterocycles. The number of amides is 1. The number of rotatable bonds is 4. The molecule has 0 aliphatic rings. The van der Waals surface area contributed by atoms with Crippen molar-refractivity contribution in [3.05, 3.63) is 65.5 Å². The molecule has 0 spiro atoms. The lowest BCUT2D eigenvalue weighted by molar-refractivity contribution is 0.0940. The van der Waals surface area contributed by atoms with Gasteiger partial charge in [-0.2, -0.15) is 0 Å². The summed E-state index contributed by atoms with van der Waals surface area (Å²) in [6.45, 7) is 1.94. The summed E-state index contributed by atoms with van der Waals surface area (Å²) in [7, 11) is 0. The zero-order valence-corrected chi connectivity index (χ0v) is 12.0. The van der Waals surface area contributed by atoms with Crippen LogP contribution in [0.4, 0.5) is 4.39 Å². The molecule has 2 rings (SSSR count). The molecule has 20 heavy (non-hydrogen) atoms. The number of nitrogens with one attached hydrogen (secondary N) is 1. The van der Waals surface area contributed by atoms with E-state index in [-0.39, 0.29) is 16.8 Å². The summed E-state index contributed by atoms with van der Waals surface area (Å²) < 4.78 is 13.1. The van der Waals surface area contributed by atoms with Gasteiger partial charge in [-0.05, 0) is 37.1 Å². The van der Waals surface area contributed by atoms with E-state index < -0.39 is 5.82 Å². The lowest BCUT2D eigenvalue weighted by Gasteiger charge is -2.14. The van der Waals surface area contributed by atoms with Crippen molar-refractivity contribution < 1.29 is 9.18 Å². The molecular weight excluding hydrogens is 273 g/mol. The molecule has 0 radical (unpaired) electrons. The first-order valence-electron chi connectivity index (χ1n) is 6.39. The van der Waals surface area contributed by atoms with E-state index >= 15 is 0 Å². The molecule has 0 aromatic heterocycles. The average molecular weight is 289 g/mol. The van der Waals surface area contributed by atoms with E-state index in [9.17, 15) is 9.18 Å². The van der Waals surface area contributed by atoms with Crippen LogP contribution in [0.1, 0.15) is 22.8 Å². The molecule has 1 amide bonds. The third-order valence-corrected chi connectivity index (χ3v) is 3.31. The predicted molar refractivity (Wildman–Crippen MR) is 80.7 cm³/mol. The van der Waals surface area contributed by atoms with Crippen LogP contribution in [0.25, 0.3) is 0 Å². The highest BCUT2D eigenvalue weighted by molar-refractivity contribution is 7.80. The van der Waals surface area contributed by atoms with Crippen molar-refractivity contribution in [1.29, 1.82) is 0 Å². The number of carbonyl (C=O) groups excluding carboxylic acids is 1. The number of hydrogen-bond acceptors (Lipinski definition) is 2. The smallest absolute Gasteiger partial charge is 0.251 e. The Hall–Kier alpha value is -1.81. The van der Waals surface area contributed by atoms with Gasteiger partial charge in [0.05, 0.1) is 0 Å². The van der Waals surface area contributed by atoms with Gasteiger partial charge in [-0.15, -0.1) is 12.6 Å². The average Bonchev–Trinajstić information content (AvgIpc) is 2.42. The van der Waals surface area contributed by atoms with Gasteiger partial charge in [-0.1, -0.05) is 30.3 Å². The normalized spacial score (nSPS) is 11.9. The summed E-state index contributed by atoms with van der Waals surface area (Å²) in [4.78, 5) is 12.2. The van der Waals surface area contributed by atoms with E-state index in [1.807, 2.05) is 37.3 Å². The van der Waals surface area contributed by atoms with Gasteiger partial charge in [0.2, 0.25) is 0 Å². The van der Waals surface area contributed by atoms with Crippen molar-refractivity contribution in [2.45, 2.75) is 24.3 Å². The molecule has 0 aliphatic heterocycles. The van der Waals surface area contributed by atoms with E-state index in [4.69, 9.17) is 0 Å². The van der Waals surface area contributed by atoms with Crippen LogP contribution < -0.4 is 5.32 Å². The standard InChI is InChI=1S/C16H16FNOS/c1-11(9-12-5-3-2-4-6-12)18-16(19)13-7-8-14(17)15(20)10-13/h2-8,10-11,20H,9H2,1H3,(H,18,19). The third kappa shape index (κ3) is 3.84. The molecule has 4 heteroatoms. The second-order valence-electron chi connectivity index (χ2n) is 4.73. The highest BCUT2D eigenvalue weighted by atomic mass is 32.1. The van der Waals surface area contributed by atoms with Gasteiger partial charge in [0.25, 0.3) is 5.91 Å². The third-order valence-electron chi connectivity index (χ3n) is 2.97. The van der Waals surface area contributed by atoms with Crippen LogP contribution in [0.15, 0.2) is 53.4 Å². The van der Waals surface area contributed by atoms with Crippen LogP contribution in [-0.4, -0.2) is 11.9 Å². The van der Waals surface area contributed by atoms with Crippen molar-refractivity contribution in [1.82, 2.24) is 5.32 Å². The lowest BCUT2D eigenvalue weighted by Crippen LogP contribution is -2.34. The number of halogens is 1. The van der Waals surface area contributed by atoms with E-state index in [1.165, 1.54) is 18.2 Å². The fourth-order valence-electron chi connectivity index (χ4n) is 1.98. The van der Waals surface area contributed by atoms with E-state index in [0.29, 0.717) is 5.56 Å². The fourth-order valence-corrected chi connectivity index (χ4v) is 2.19. The number of carbonyl (C=O) groups is 1. The second kappa shape index (κ2) is 6.57. The minimum Gasteiger partial charge on any atom is -0.349 e. The highest BCUT2D eigenvalue weighted by Crippen LogP contribution is 2.14. The zero-order valence-electron chi connectivity index (χ0n) is 11.1. The molecule has 2 aromatic carbocycles. The molecule has 1 atom stereocenters. The Morgan fingerprint density at radius 2 is 1.95 bits per heavy atom. The molecule has 0 bridgehead atoms. The Labute approximate surface area is 123 Å². The number of thiol groups is 1. The van der Waals surface area contributed by atoms with Gasteiger partial charge in [0.15, 0.2) is 0 Å². The van der Waals surface area contributed by atoms with Crippen LogP contribution in [0.5, 0.6) is 0 Å². The first kappa shape index (κ1) is 14.6. The first-order valence-corrected chi connectivity index (χ1v) is 6.84. The maximum atomic E-state index is 13.1. The maximum absolute atomic E-state index is 13.1. The van der Waals surface area contributed by atoms with Crippen molar-refractivity contribution in [2.75, 3.05) is 0 Å². The summed E-state index contributed by atoms with van der Waals surface area (Å²) in [6, 6.07) is 14.1. The fraction of sp³-hybridized carbons (Fsp3) is 0.188. The topological polar surface area (TPSA) is 29.1 Å². The van der Waals surface area contributed by atoms with E-state index in [1.54, 1.807) is 0 Å². The van der Waals surface area contributed by atoms with Crippen molar-refractivity contribution in [2.24, 2.45) is 0 Å². The summed E-state index contributed by atoms with van der Waals surface area (Å²) in [5.41, 5.74) is 1.57. The quantitative estimate of drug-likeness (QED) is 0.829. The van der Waals surface area contributed by atoms with Gasteiger partial charge in [-0.3, -0.25) is 4.79 Å². The molecule has 0 heterocycles. The Morgan fingerprint density at radius 1 is 1.25 bits per heavy atom. The van der Waals surface area contributed by atoms with E-state index in [0.717, 1.165) is 12.0 Å². The lowest BCUT2D eigenvalue weighted by atomic mass is 10.1. The molecule has 2 aromatic rings. The first-order chi connectivity index (χ1) is 9.56. The summed E-state index contributed by atoms with van der Waals surface area (Å²) in [6.07, 6.45) is 0.751. The predicted octanol–water partition coefficient (Wildman–Crippen LogP) is 3.48. The molecule has 2 nitrogen and oxygen atoms in total. The Kier molecular flexibility index (Phi) is 4.79. The Morgan fingerprint density at radius 3 is 2.60 bits per heavy atom. The van der Waals surface area contributed by atoms with Gasteiger partial charge in [0.1, 0.15) is 5.82 Å². The van der Waals surface area contributed by atoms with Crippen molar-refractivity contribution >= 4 is 18.5 Å². The number of hydrogen-bond donors (Lipinski definition) is 2. The van der Waals surface area contributed by atoms with Crippen molar-refractivity contribution in [3.8, 4) is 0 Å². The van der Waals surface area contributed by atoms with Crippen LogP contribution in [-0.2, 0) is 6.42 Å². The van der Waals surface area contributed by atoms with Crippen LogP contribution >= 0.6 is 12.6 Å². The Balaban J connectivity index is 1.98. The Bertz CT molecular complexity index is 601. The zero-order chi connectivity index (χ0) is 14.5. The molecule has 0 saturated carbocycles. The van der Waals surface area contributed by atoms with Gasteiger partial charge >= 0.3 is 0 Å². The van der Waals surface area contributed by atoms with Crippen LogP contribution in [0.2, 0.25) is 0 Å². The summed E-state index contributed by atoms with van der Waals surface area (Å²) in [5, 5.41) is 2.90. The summed E-state index contributed by atoms with van der Waals surface area (Å²) >= 11 is 3.98. The minimum absolute atomic E-state index is 0.00156. The monoisotopic (exact) mass is 289 g/mol. The SMILES string of the molecule is CC(Cc1ccccc1)NC(=O)c1ccc(F)c(S)c1. The van der Waals surface area contributed by atoms with Crippen LogP contribution in [0.3, 0.4) is 0 Å². The van der Waals surface area contributed by atoms with Gasteiger partial charge in [-0.25, -0.2) is 4.39 Å².